The van der Waals surface area contributed by atoms with Gasteiger partial charge in [0.15, 0.2) is 0 Å². The van der Waals surface area contributed by atoms with Gasteiger partial charge in [0.25, 0.3) is 6.71 Å². The van der Waals surface area contributed by atoms with Crippen LogP contribution in [0, 0.1) is 0 Å². The van der Waals surface area contributed by atoms with E-state index in [1.54, 1.807) is 0 Å². The maximum Gasteiger partial charge on any atom is 0.264 e. The van der Waals surface area contributed by atoms with Gasteiger partial charge in [0.2, 0.25) is 0 Å². The number of para-hydroxylation sites is 3. The number of hydrogen-bond acceptors (Lipinski definition) is 2. The van der Waals surface area contributed by atoms with Crippen LogP contribution in [0.2, 0.25) is 0 Å². The van der Waals surface area contributed by atoms with Gasteiger partial charge in [0.1, 0.15) is 0 Å². The third-order valence-electron chi connectivity index (χ3n) is 16.9. The first kappa shape index (κ1) is 43.1. The topological polar surface area (TPSA) is 13.1 Å². The Labute approximate surface area is 440 Å². The average molecular weight is 978 g/mol. The van der Waals surface area contributed by atoms with Crippen molar-refractivity contribution in [2.75, 3.05) is 4.90 Å². The zero-order valence-electron chi connectivity index (χ0n) is 43.0. The highest BCUT2D eigenvalue weighted by atomic mass is 32.1. The summed E-state index contributed by atoms with van der Waals surface area (Å²) in [4.78, 5) is 2.66. The van der Waals surface area contributed by atoms with Gasteiger partial charge in [0, 0.05) is 59.2 Å². The normalized spacial score (nSPS) is 13.4. The summed E-state index contributed by atoms with van der Waals surface area (Å²) < 4.78 is 7.91. The van der Waals surface area contributed by atoms with Crippen LogP contribution in [0.1, 0.15) is 52.7 Å². The van der Waals surface area contributed by atoms with Crippen molar-refractivity contribution >= 4 is 137 Å². The van der Waals surface area contributed by atoms with E-state index in [1.807, 2.05) is 11.3 Å². The smallest absolute Gasteiger partial charge is 0.264 e. The fourth-order valence-electron chi connectivity index (χ4n) is 13.4. The average Bonchev–Trinajstić information content (AvgIpc) is 4.26. The van der Waals surface area contributed by atoms with Crippen molar-refractivity contribution in [2.45, 2.75) is 52.4 Å². The summed E-state index contributed by atoms with van der Waals surface area (Å²) >= 11 is 1.99. The van der Waals surface area contributed by atoms with Gasteiger partial charge in [-0.25, -0.2) is 0 Å². The fourth-order valence-corrected chi connectivity index (χ4v) is 14.7. The van der Waals surface area contributed by atoms with Crippen molar-refractivity contribution in [3.8, 4) is 22.5 Å². The second-order valence-corrected chi connectivity index (χ2v) is 24.3. The Morgan fingerprint density at radius 2 is 1.04 bits per heavy atom. The van der Waals surface area contributed by atoms with Gasteiger partial charge >= 0.3 is 0 Å². The molecule has 2 aliphatic rings. The number of anilines is 3. The summed E-state index contributed by atoms with van der Waals surface area (Å²) in [5.41, 5.74) is 18.9. The Balaban J connectivity index is 1.11. The minimum Gasteiger partial charge on any atom is -0.310 e. The van der Waals surface area contributed by atoms with Crippen LogP contribution in [0.25, 0.3) is 109 Å². The van der Waals surface area contributed by atoms with Crippen molar-refractivity contribution in [1.82, 2.24) is 9.13 Å². The van der Waals surface area contributed by atoms with Gasteiger partial charge in [-0.2, -0.15) is 0 Å². The Hall–Kier alpha value is -8.38. The third-order valence-corrected chi connectivity index (χ3v) is 18.1. The number of benzene rings is 11. The molecule has 14 aromatic rings. The zero-order chi connectivity index (χ0) is 50.2. The van der Waals surface area contributed by atoms with Gasteiger partial charge < -0.3 is 14.0 Å². The van der Waals surface area contributed by atoms with E-state index >= 15 is 0 Å². The van der Waals surface area contributed by atoms with Crippen molar-refractivity contribution in [3.05, 3.63) is 217 Å². The lowest BCUT2D eigenvalue weighted by Gasteiger charge is -2.39. The number of hydrogen-bond donors (Lipinski definition) is 0. The Kier molecular flexibility index (Phi) is 8.68. The number of rotatable bonds is 3. The Bertz CT molecular complexity index is 4790. The first-order valence-electron chi connectivity index (χ1n) is 26.5. The zero-order valence-corrected chi connectivity index (χ0v) is 43.8. The number of aromatic nitrogens is 2. The molecule has 5 heteroatoms. The summed E-state index contributed by atoms with van der Waals surface area (Å²) in [6, 6.07) is 78.9. The summed E-state index contributed by atoms with van der Waals surface area (Å²) in [6.07, 6.45) is 0. The maximum absolute atomic E-state index is 2.67. The molecule has 2 aliphatic heterocycles. The molecular formula is C70H52BN3S. The van der Waals surface area contributed by atoms with E-state index in [9.17, 15) is 0 Å². The van der Waals surface area contributed by atoms with E-state index < -0.39 is 0 Å². The SMILES string of the molecule is CC(C)(C)c1ccc(N2c3cc(-c4cc5ccc6ccccc6c5c5ccccc45)cc4c3B(c3sc5ccc(C(C)(C)C)cc5c32)c2cc3c5ccccc5n(-c5ccccc5)c3c3c5ccccc5n-4c23)cc1. The van der Waals surface area contributed by atoms with Gasteiger partial charge in [-0.1, -0.05) is 181 Å². The molecule has 0 saturated carbocycles. The highest BCUT2D eigenvalue weighted by Crippen LogP contribution is 2.51. The lowest BCUT2D eigenvalue weighted by atomic mass is 9.36. The van der Waals surface area contributed by atoms with E-state index in [1.165, 1.54) is 152 Å². The lowest BCUT2D eigenvalue weighted by molar-refractivity contribution is 0.590. The first-order chi connectivity index (χ1) is 36.5. The first-order valence-corrected chi connectivity index (χ1v) is 27.4. The van der Waals surface area contributed by atoms with Crippen molar-refractivity contribution in [2.24, 2.45) is 0 Å². The van der Waals surface area contributed by atoms with E-state index in [-0.39, 0.29) is 17.5 Å². The standard InChI is InChI=1S/C70H52BN3S/c1-69(2,3)44-30-33-47(34-31-44)73-59-37-43(53-36-42-29-28-41-18-10-11-21-48(41)62(42)51-24-13-12-22-49(51)53)38-60-64(59)71(68-66(73)55-39-45(70(4,5)6)32-35-61(55)75-68)56-40-54-50-23-14-16-26-57(50)72(46-19-8-7-9-20-46)65(54)63-52-25-15-17-27-58(52)74(60)67(56)63/h7-40H,1-6H3. The Morgan fingerprint density at radius 1 is 0.413 bits per heavy atom. The second kappa shape index (κ2) is 15.1. The minimum atomic E-state index is -0.0399. The summed E-state index contributed by atoms with van der Waals surface area (Å²) in [5.74, 6) is 0. The minimum absolute atomic E-state index is 0.00838. The molecule has 5 heterocycles. The van der Waals surface area contributed by atoms with Gasteiger partial charge in [-0.05, 0) is 143 Å². The second-order valence-electron chi connectivity index (χ2n) is 23.3. The molecule has 0 saturated heterocycles. The molecule has 356 valence electrons. The molecule has 75 heavy (non-hydrogen) atoms. The summed E-state index contributed by atoms with van der Waals surface area (Å²) in [7, 11) is 0. The van der Waals surface area contributed by atoms with Gasteiger partial charge in [0.05, 0.1) is 27.8 Å². The van der Waals surface area contributed by atoms with Gasteiger partial charge in [-0.15, -0.1) is 11.3 Å². The molecule has 11 aromatic carbocycles. The van der Waals surface area contributed by atoms with E-state index in [0.717, 1.165) is 0 Å². The molecule has 16 rings (SSSR count). The van der Waals surface area contributed by atoms with E-state index in [0.29, 0.717) is 0 Å². The summed E-state index contributed by atoms with van der Waals surface area (Å²) in [5, 5.41) is 14.1. The maximum atomic E-state index is 2.67. The van der Waals surface area contributed by atoms with E-state index in [2.05, 4.69) is 262 Å². The van der Waals surface area contributed by atoms with Crippen LogP contribution in [0.4, 0.5) is 17.1 Å². The quantitative estimate of drug-likeness (QED) is 0.127. The number of fused-ring (bicyclic) bond motifs is 18. The van der Waals surface area contributed by atoms with Gasteiger partial charge in [-0.3, -0.25) is 0 Å². The van der Waals surface area contributed by atoms with Crippen LogP contribution in [0.15, 0.2) is 206 Å². The number of thiophene rings is 1. The third kappa shape index (κ3) is 5.93. The number of nitrogens with zero attached hydrogens (tertiary/aromatic N) is 3. The molecule has 3 aromatic heterocycles. The fraction of sp³-hybridized carbons (Fsp3) is 0.114. The van der Waals surface area contributed by atoms with Crippen molar-refractivity contribution in [1.29, 1.82) is 0 Å². The molecular weight excluding hydrogens is 926 g/mol. The molecule has 0 unspecified atom stereocenters. The van der Waals surface area contributed by atoms with Crippen molar-refractivity contribution < 1.29 is 0 Å². The summed E-state index contributed by atoms with van der Waals surface area (Å²) in [6.45, 7) is 13.9. The molecule has 0 N–H and O–H groups in total. The molecule has 0 radical (unpaired) electrons. The predicted octanol–water partition coefficient (Wildman–Crippen LogP) is 17.4. The largest absolute Gasteiger partial charge is 0.310 e. The molecule has 0 bridgehead atoms. The van der Waals surface area contributed by atoms with Crippen LogP contribution in [0.3, 0.4) is 0 Å². The van der Waals surface area contributed by atoms with Crippen LogP contribution < -0.4 is 20.6 Å². The molecule has 0 spiro atoms. The van der Waals surface area contributed by atoms with Crippen LogP contribution in [-0.4, -0.2) is 15.8 Å². The predicted molar refractivity (Wildman–Crippen MR) is 325 cm³/mol. The molecule has 0 amide bonds. The van der Waals surface area contributed by atoms with Crippen LogP contribution in [0.5, 0.6) is 0 Å². The lowest BCUT2D eigenvalue weighted by Crippen LogP contribution is -2.59. The van der Waals surface area contributed by atoms with Crippen LogP contribution in [-0.2, 0) is 10.8 Å². The Morgan fingerprint density at radius 3 is 1.80 bits per heavy atom. The monoisotopic (exact) mass is 977 g/mol. The van der Waals surface area contributed by atoms with Crippen molar-refractivity contribution in [3.63, 3.8) is 0 Å². The molecule has 3 nitrogen and oxygen atoms in total. The van der Waals surface area contributed by atoms with E-state index in [4.69, 9.17) is 0 Å². The molecule has 0 aliphatic carbocycles. The molecule has 0 fully saturated rings. The van der Waals surface area contributed by atoms with Crippen LogP contribution >= 0.6 is 11.3 Å². The molecule has 0 atom stereocenters. The highest BCUT2D eigenvalue weighted by Gasteiger charge is 2.45. The highest BCUT2D eigenvalue weighted by molar-refractivity contribution is 7.33.